The molecule has 1 N–H and O–H groups in total. The molecule has 1 unspecified atom stereocenters. The van der Waals surface area contributed by atoms with Crippen molar-refractivity contribution in [1.82, 2.24) is 9.55 Å². The lowest BCUT2D eigenvalue weighted by molar-refractivity contribution is -0.126. The molecule has 0 aliphatic carbocycles. The number of imidazole rings is 1. The number of carbonyl (C=O) groups excluding carboxylic acids is 1. The van der Waals surface area contributed by atoms with Crippen LogP contribution in [0.15, 0.2) is 12.4 Å². The number of rotatable bonds is 6. The Kier molecular flexibility index (Phi) is 5.15. The topological polar surface area (TPSA) is 56.1 Å². The summed E-state index contributed by atoms with van der Waals surface area (Å²) in [7, 11) is 0. The van der Waals surface area contributed by atoms with E-state index < -0.39 is 6.10 Å². The van der Waals surface area contributed by atoms with Crippen LogP contribution in [0.2, 0.25) is 0 Å². The highest BCUT2D eigenvalue weighted by Gasteiger charge is 2.15. The van der Waals surface area contributed by atoms with E-state index in [1.165, 1.54) is 0 Å². The van der Waals surface area contributed by atoms with Crippen LogP contribution in [-0.4, -0.2) is 28.2 Å². The minimum absolute atomic E-state index is 0.164. The Balaban J connectivity index is 2.62. The lowest BCUT2D eigenvalue weighted by Crippen LogP contribution is -2.29. The Morgan fingerprint density at radius 2 is 2.24 bits per heavy atom. The molecule has 0 aliphatic rings. The predicted octanol–water partition coefficient (Wildman–Crippen LogP) is 1.90. The van der Waals surface area contributed by atoms with E-state index in [2.05, 4.69) is 24.1 Å². The summed E-state index contributed by atoms with van der Waals surface area (Å²) >= 11 is 0. The zero-order chi connectivity index (χ0) is 12.8. The summed E-state index contributed by atoms with van der Waals surface area (Å²) in [5.41, 5.74) is 0. The molecule has 0 aliphatic heterocycles. The number of hydrogen-bond donors (Lipinski definition) is 1. The summed E-state index contributed by atoms with van der Waals surface area (Å²) in [6.45, 7) is 9.19. The summed E-state index contributed by atoms with van der Waals surface area (Å²) in [6, 6.07) is 0. The number of hydrogen-bond acceptors (Lipinski definition) is 3. The SMILES string of the molecule is CCOC(C)C(=O)Nc1nccn1CC(C)C. The number of aromatic nitrogens is 2. The highest BCUT2D eigenvalue weighted by atomic mass is 16.5. The Bertz CT molecular complexity index is 360. The second-order valence-corrected chi connectivity index (χ2v) is 4.38. The van der Waals surface area contributed by atoms with Crippen molar-refractivity contribution in [3.63, 3.8) is 0 Å². The molecule has 0 spiro atoms. The van der Waals surface area contributed by atoms with E-state index in [9.17, 15) is 4.79 Å². The molecule has 1 rings (SSSR count). The minimum Gasteiger partial charge on any atom is -0.369 e. The molecule has 96 valence electrons. The summed E-state index contributed by atoms with van der Waals surface area (Å²) < 4.78 is 7.16. The largest absolute Gasteiger partial charge is 0.369 e. The average Bonchev–Trinajstić information content (AvgIpc) is 2.65. The van der Waals surface area contributed by atoms with E-state index >= 15 is 0 Å². The fourth-order valence-corrected chi connectivity index (χ4v) is 1.51. The zero-order valence-corrected chi connectivity index (χ0v) is 10.9. The van der Waals surface area contributed by atoms with Gasteiger partial charge in [0, 0.05) is 25.5 Å². The van der Waals surface area contributed by atoms with Crippen molar-refractivity contribution in [2.75, 3.05) is 11.9 Å². The van der Waals surface area contributed by atoms with Crippen molar-refractivity contribution in [3.8, 4) is 0 Å². The molecule has 1 heterocycles. The highest BCUT2D eigenvalue weighted by Crippen LogP contribution is 2.09. The van der Waals surface area contributed by atoms with Crippen LogP contribution in [0.1, 0.15) is 27.7 Å². The second kappa shape index (κ2) is 6.39. The van der Waals surface area contributed by atoms with Gasteiger partial charge in [-0.05, 0) is 19.8 Å². The average molecular weight is 239 g/mol. The standard InChI is InChI=1S/C12H21N3O2/c1-5-17-10(4)11(16)14-12-13-6-7-15(12)8-9(2)3/h6-7,9-10H,5,8H2,1-4H3,(H,13,14,16). The molecule has 5 heteroatoms. The third-order valence-electron chi connectivity index (χ3n) is 2.30. The van der Waals surface area contributed by atoms with Crippen molar-refractivity contribution in [3.05, 3.63) is 12.4 Å². The Labute approximate surface area is 102 Å². The van der Waals surface area contributed by atoms with Gasteiger partial charge in [-0.25, -0.2) is 4.98 Å². The first-order chi connectivity index (χ1) is 8.04. The Morgan fingerprint density at radius 1 is 1.53 bits per heavy atom. The van der Waals surface area contributed by atoms with Crippen LogP contribution in [-0.2, 0) is 16.1 Å². The predicted molar refractivity (Wildman–Crippen MR) is 66.8 cm³/mol. The fourth-order valence-electron chi connectivity index (χ4n) is 1.51. The van der Waals surface area contributed by atoms with Crippen LogP contribution in [0, 0.1) is 5.92 Å². The lowest BCUT2D eigenvalue weighted by Gasteiger charge is -2.14. The van der Waals surface area contributed by atoms with Gasteiger partial charge in [0.1, 0.15) is 6.10 Å². The molecule has 1 aromatic rings. The number of amides is 1. The number of anilines is 1. The quantitative estimate of drug-likeness (QED) is 0.825. The number of nitrogens with one attached hydrogen (secondary N) is 1. The van der Waals surface area contributed by atoms with E-state index in [1.807, 2.05) is 17.7 Å². The van der Waals surface area contributed by atoms with Gasteiger partial charge in [0.05, 0.1) is 0 Å². The maximum absolute atomic E-state index is 11.7. The molecule has 1 atom stereocenters. The number of ether oxygens (including phenoxy) is 1. The molecular weight excluding hydrogens is 218 g/mol. The Morgan fingerprint density at radius 3 is 2.82 bits per heavy atom. The van der Waals surface area contributed by atoms with Crippen molar-refractivity contribution in [2.24, 2.45) is 5.92 Å². The lowest BCUT2D eigenvalue weighted by atomic mass is 10.2. The van der Waals surface area contributed by atoms with Gasteiger partial charge in [-0.3, -0.25) is 10.1 Å². The van der Waals surface area contributed by atoms with Crippen molar-refractivity contribution >= 4 is 11.9 Å². The summed E-state index contributed by atoms with van der Waals surface area (Å²) in [5.74, 6) is 0.919. The van der Waals surface area contributed by atoms with Crippen molar-refractivity contribution < 1.29 is 9.53 Å². The first-order valence-electron chi connectivity index (χ1n) is 5.98. The van der Waals surface area contributed by atoms with Crippen molar-refractivity contribution in [2.45, 2.75) is 40.3 Å². The summed E-state index contributed by atoms with van der Waals surface area (Å²) in [4.78, 5) is 15.9. The summed E-state index contributed by atoms with van der Waals surface area (Å²) in [6.07, 6.45) is 3.09. The first kappa shape index (κ1) is 13.7. The molecule has 0 saturated carbocycles. The normalized spacial score (nSPS) is 12.8. The molecule has 0 saturated heterocycles. The molecule has 5 nitrogen and oxygen atoms in total. The summed E-state index contributed by atoms with van der Waals surface area (Å²) in [5, 5.41) is 2.77. The molecule has 1 amide bonds. The highest BCUT2D eigenvalue weighted by molar-refractivity contribution is 5.92. The third kappa shape index (κ3) is 4.19. The van der Waals surface area contributed by atoms with Crippen LogP contribution in [0.3, 0.4) is 0 Å². The van der Waals surface area contributed by atoms with Crippen molar-refractivity contribution in [1.29, 1.82) is 0 Å². The molecule has 0 bridgehead atoms. The van der Waals surface area contributed by atoms with E-state index in [-0.39, 0.29) is 5.91 Å². The maximum Gasteiger partial charge on any atom is 0.255 e. The molecular formula is C12H21N3O2. The van der Waals surface area contributed by atoms with Gasteiger partial charge in [-0.15, -0.1) is 0 Å². The molecule has 0 fully saturated rings. The fraction of sp³-hybridized carbons (Fsp3) is 0.667. The van der Waals surface area contributed by atoms with Gasteiger partial charge in [-0.2, -0.15) is 0 Å². The van der Waals surface area contributed by atoms with Gasteiger partial charge < -0.3 is 9.30 Å². The van der Waals surface area contributed by atoms with Gasteiger partial charge in [0.15, 0.2) is 0 Å². The van der Waals surface area contributed by atoms with Gasteiger partial charge in [0.25, 0.3) is 5.91 Å². The molecule has 0 radical (unpaired) electrons. The van der Waals surface area contributed by atoms with Crippen LogP contribution in [0.25, 0.3) is 0 Å². The monoisotopic (exact) mass is 239 g/mol. The van der Waals surface area contributed by atoms with E-state index in [0.717, 1.165) is 6.54 Å². The third-order valence-corrected chi connectivity index (χ3v) is 2.30. The molecule has 0 aromatic carbocycles. The molecule has 17 heavy (non-hydrogen) atoms. The van der Waals surface area contributed by atoms with Gasteiger partial charge in [0.2, 0.25) is 5.95 Å². The van der Waals surface area contributed by atoms with Crippen LogP contribution in [0.5, 0.6) is 0 Å². The van der Waals surface area contributed by atoms with Crippen LogP contribution >= 0.6 is 0 Å². The van der Waals surface area contributed by atoms with E-state index in [1.54, 1.807) is 13.1 Å². The zero-order valence-electron chi connectivity index (χ0n) is 10.9. The first-order valence-corrected chi connectivity index (χ1v) is 5.98. The number of carbonyl (C=O) groups is 1. The van der Waals surface area contributed by atoms with Crippen LogP contribution < -0.4 is 5.32 Å². The van der Waals surface area contributed by atoms with Gasteiger partial charge >= 0.3 is 0 Å². The van der Waals surface area contributed by atoms with Gasteiger partial charge in [-0.1, -0.05) is 13.8 Å². The van der Waals surface area contributed by atoms with E-state index in [0.29, 0.717) is 18.5 Å². The van der Waals surface area contributed by atoms with E-state index in [4.69, 9.17) is 4.74 Å². The second-order valence-electron chi connectivity index (χ2n) is 4.38. The van der Waals surface area contributed by atoms with Crippen LogP contribution in [0.4, 0.5) is 5.95 Å². The Hall–Kier alpha value is -1.36. The maximum atomic E-state index is 11.7. The number of nitrogens with zero attached hydrogens (tertiary/aromatic N) is 2. The smallest absolute Gasteiger partial charge is 0.255 e. The molecule has 1 aromatic heterocycles. The minimum atomic E-state index is -0.454.